The van der Waals surface area contributed by atoms with Crippen LogP contribution in [0, 0.1) is 5.82 Å². The summed E-state index contributed by atoms with van der Waals surface area (Å²) in [6.07, 6.45) is 2.67. The van der Waals surface area contributed by atoms with Crippen LogP contribution in [0.25, 0.3) is 0 Å². The molecule has 0 aliphatic heterocycles. The van der Waals surface area contributed by atoms with Crippen molar-refractivity contribution < 1.29 is 9.18 Å². The number of amides is 1. The van der Waals surface area contributed by atoms with E-state index in [1.165, 1.54) is 10.7 Å². The van der Waals surface area contributed by atoms with Gasteiger partial charge in [-0.2, -0.15) is 5.10 Å². The summed E-state index contributed by atoms with van der Waals surface area (Å²) in [5, 5.41) is 7.40. The van der Waals surface area contributed by atoms with Crippen LogP contribution in [0.1, 0.15) is 17.5 Å². The van der Waals surface area contributed by atoms with E-state index < -0.39 is 5.82 Å². The molecule has 1 aromatic heterocycles. The highest BCUT2D eigenvalue weighted by atomic mass is 79.9. The van der Waals surface area contributed by atoms with Gasteiger partial charge in [0.25, 0.3) is 0 Å². The number of halogens is 3. The molecule has 1 amide bonds. The molecule has 7 heteroatoms. The molecular formula is C19H16BrClFN3O. The highest BCUT2D eigenvalue weighted by molar-refractivity contribution is 9.10. The second-order valence-corrected chi connectivity index (χ2v) is 7.02. The average molecular weight is 437 g/mol. The molecule has 134 valence electrons. The molecule has 0 bridgehead atoms. The minimum absolute atomic E-state index is 0.135. The lowest BCUT2D eigenvalue weighted by molar-refractivity contribution is -0.116. The van der Waals surface area contributed by atoms with Crippen LogP contribution in [0.3, 0.4) is 0 Å². The predicted octanol–water partition coefficient (Wildman–Crippen LogP) is 5.06. The summed E-state index contributed by atoms with van der Waals surface area (Å²) < 4.78 is 16.1. The van der Waals surface area contributed by atoms with Gasteiger partial charge in [-0.3, -0.25) is 9.48 Å². The third-order valence-electron chi connectivity index (χ3n) is 3.84. The van der Waals surface area contributed by atoms with Crippen LogP contribution in [0.4, 0.5) is 10.2 Å². The Balaban J connectivity index is 1.63. The normalized spacial score (nSPS) is 10.7. The van der Waals surface area contributed by atoms with Gasteiger partial charge < -0.3 is 5.32 Å². The van der Waals surface area contributed by atoms with Crippen LogP contribution in [0.2, 0.25) is 5.02 Å². The number of nitrogens with zero attached hydrogens (tertiary/aromatic N) is 2. The maximum Gasteiger partial charge on any atom is 0.225 e. The highest BCUT2D eigenvalue weighted by Gasteiger charge is 2.13. The molecule has 0 saturated heterocycles. The topological polar surface area (TPSA) is 46.9 Å². The molecule has 0 saturated carbocycles. The van der Waals surface area contributed by atoms with E-state index in [4.69, 9.17) is 11.6 Å². The molecular weight excluding hydrogens is 421 g/mol. The summed E-state index contributed by atoms with van der Waals surface area (Å²) in [6.45, 7) is 0.171. The van der Waals surface area contributed by atoms with Gasteiger partial charge in [-0.25, -0.2) is 4.39 Å². The number of aromatic nitrogens is 2. The Kier molecular flexibility index (Phi) is 6.06. The zero-order valence-electron chi connectivity index (χ0n) is 13.8. The summed E-state index contributed by atoms with van der Waals surface area (Å²) >= 11 is 9.41. The van der Waals surface area contributed by atoms with Gasteiger partial charge in [0.15, 0.2) is 5.82 Å². The highest BCUT2D eigenvalue weighted by Crippen LogP contribution is 2.24. The Labute approximate surface area is 164 Å². The first-order valence-electron chi connectivity index (χ1n) is 8.02. The second kappa shape index (κ2) is 8.47. The third kappa shape index (κ3) is 4.71. The Morgan fingerprint density at radius 2 is 1.96 bits per heavy atom. The Hall–Kier alpha value is -2.18. The van der Waals surface area contributed by atoms with Crippen molar-refractivity contribution in [2.24, 2.45) is 0 Å². The molecule has 1 heterocycles. The van der Waals surface area contributed by atoms with Crippen molar-refractivity contribution in [2.45, 2.75) is 19.4 Å². The Morgan fingerprint density at radius 1 is 1.19 bits per heavy atom. The fourth-order valence-electron chi connectivity index (χ4n) is 2.51. The van der Waals surface area contributed by atoms with Crippen molar-refractivity contribution in [1.29, 1.82) is 0 Å². The number of hydrogen-bond acceptors (Lipinski definition) is 2. The lowest BCUT2D eigenvalue weighted by Crippen LogP contribution is -2.13. The van der Waals surface area contributed by atoms with Crippen LogP contribution in [0.15, 0.2) is 59.2 Å². The van der Waals surface area contributed by atoms with E-state index in [0.29, 0.717) is 33.7 Å². The lowest BCUT2D eigenvalue weighted by atomic mass is 10.1. The molecule has 26 heavy (non-hydrogen) atoms. The van der Waals surface area contributed by atoms with Crippen molar-refractivity contribution in [1.82, 2.24) is 9.78 Å². The number of carbonyl (C=O) groups excluding carboxylic acids is 1. The molecule has 1 N–H and O–H groups in total. The first-order chi connectivity index (χ1) is 12.5. The van der Waals surface area contributed by atoms with Gasteiger partial charge in [0.2, 0.25) is 5.91 Å². The Bertz CT molecular complexity index is 894. The molecule has 0 aliphatic rings. The van der Waals surface area contributed by atoms with Gasteiger partial charge in [0.1, 0.15) is 5.82 Å². The smallest absolute Gasteiger partial charge is 0.225 e. The number of hydrogen-bond donors (Lipinski definition) is 1. The Morgan fingerprint density at radius 3 is 2.69 bits per heavy atom. The zero-order valence-corrected chi connectivity index (χ0v) is 16.1. The minimum atomic E-state index is -0.391. The van der Waals surface area contributed by atoms with Crippen molar-refractivity contribution in [2.75, 3.05) is 5.32 Å². The molecule has 0 aliphatic carbocycles. The monoisotopic (exact) mass is 435 g/mol. The van der Waals surface area contributed by atoms with Crippen molar-refractivity contribution in [3.63, 3.8) is 0 Å². The maximum absolute atomic E-state index is 13.9. The van der Waals surface area contributed by atoms with Crippen LogP contribution in [0.5, 0.6) is 0 Å². The number of rotatable bonds is 6. The van der Waals surface area contributed by atoms with Crippen molar-refractivity contribution in [3.05, 3.63) is 81.2 Å². The molecule has 0 unspecified atom stereocenters. The van der Waals surface area contributed by atoms with Gasteiger partial charge in [-0.1, -0.05) is 48.0 Å². The van der Waals surface area contributed by atoms with E-state index in [0.717, 1.165) is 5.56 Å². The number of carbonyl (C=O) groups is 1. The number of anilines is 1. The molecule has 0 fully saturated rings. The summed E-state index contributed by atoms with van der Waals surface area (Å²) in [7, 11) is 0. The fraction of sp³-hybridized carbons (Fsp3) is 0.158. The molecule has 0 spiro atoms. The standard InChI is InChI=1S/C19H16BrClFN3O/c20-15-12-25(11-14-16(21)7-4-8-17(14)22)24-19(15)23-18(26)10-9-13-5-2-1-3-6-13/h1-8,12H,9-11H2,(H,23,24,26). The van der Waals surface area contributed by atoms with E-state index in [1.54, 1.807) is 18.3 Å². The number of aryl methyl sites for hydroxylation is 1. The quantitative estimate of drug-likeness (QED) is 0.587. The minimum Gasteiger partial charge on any atom is -0.308 e. The fourth-order valence-corrected chi connectivity index (χ4v) is 3.14. The summed E-state index contributed by atoms with van der Waals surface area (Å²) in [4.78, 5) is 12.2. The van der Waals surface area contributed by atoms with E-state index in [1.807, 2.05) is 30.3 Å². The molecule has 2 aromatic carbocycles. The predicted molar refractivity (Wildman–Crippen MR) is 104 cm³/mol. The molecule has 0 radical (unpaired) electrons. The molecule has 3 aromatic rings. The third-order valence-corrected chi connectivity index (χ3v) is 4.77. The van der Waals surface area contributed by atoms with E-state index >= 15 is 0 Å². The SMILES string of the molecule is O=C(CCc1ccccc1)Nc1nn(Cc2c(F)cccc2Cl)cc1Br. The first kappa shape index (κ1) is 18.6. The second-order valence-electron chi connectivity index (χ2n) is 5.76. The van der Waals surface area contributed by atoms with Gasteiger partial charge in [0.05, 0.1) is 11.0 Å². The zero-order chi connectivity index (χ0) is 18.5. The van der Waals surface area contributed by atoms with Gasteiger partial charge >= 0.3 is 0 Å². The van der Waals surface area contributed by atoms with Gasteiger partial charge in [-0.05, 0) is 40.0 Å². The van der Waals surface area contributed by atoms with E-state index in [2.05, 4.69) is 26.3 Å². The van der Waals surface area contributed by atoms with Crippen LogP contribution < -0.4 is 5.32 Å². The summed E-state index contributed by atoms with van der Waals surface area (Å²) in [5.41, 5.74) is 1.45. The van der Waals surface area contributed by atoms with Crippen LogP contribution in [-0.2, 0) is 17.8 Å². The van der Waals surface area contributed by atoms with Crippen molar-refractivity contribution in [3.8, 4) is 0 Å². The summed E-state index contributed by atoms with van der Waals surface area (Å²) in [6, 6.07) is 14.3. The summed E-state index contributed by atoms with van der Waals surface area (Å²) in [5.74, 6) is -0.128. The van der Waals surface area contributed by atoms with Gasteiger partial charge in [-0.15, -0.1) is 0 Å². The van der Waals surface area contributed by atoms with Crippen molar-refractivity contribution >= 4 is 39.3 Å². The maximum atomic E-state index is 13.9. The number of nitrogens with one attached hydrogen (secondary N) is 1. The van der Waals surface area contributed by atoms with E-state index in [-0.39, 0.29) is 12.5 Å². The van der Waals surface area contributed by atoms with E-state index in [9.17, 15) is 9.18 Å². The average Bonchev–Trinajstić information content (AvgIpc) is 2.97. The molecule has 3 rings (SSSR count). The van der Waals surface area contributed by atoms with Gasteiger partial charge in [0, 0.05) is 23.2 Å². The number of benzene rings is 2. The first-order valence-corrected chi connectivity index (χ1v) is 9.19. The van der Waals surface area contributed by atoms with Crippen LogP contribution in [-0.4, -0.2) is 15.7 Å². The lowest BCUT2D eigenvalue weighted by Gasteiger charge is -2.06. The largest absolute Gasteiger partial charge is 0.308 e. The molecule has 0 atom stereocenters. The van der Waals surface area contributed by atoms with Crippen LogP contribution >= 0.6 is 27.5 Å². The molecule has 4 nitrogen and oxygen atoms in total.